The third-order valence-corrected chi connectivity index (χ3v) is 4.04. The van der Waals surface area contributed by atoms with E-state index in [0.717, 1.165) is 5.56 Å². The molecule has 2 rings (SSSR count). The summed E-state index contributed by atoms with van der Waals surface area (Å²) in [6.07, 6.45) is 0.681. The lowest BCUT2D eigenvalue weighted by Crippen LogP contribution is -2.29. The first-order valence-electron chi connectivity index (χ1n) is 7.38. The van der Waals surface area contributed by atoms with Gasteiger partial charge in [0.15, 0.2) is 0 Å². The monoisotopic (exact) mass is 332 g/mol. The molecule has 2 aromatic rings. The van der Waals surface area contributed by atoms with Gasteiger partial charge in [-0.25, -0.2) is 0 Å². The van der Waals surface area contributed by atoms with Gasteiger partial charge in [0.05, 0.1) is 11.5 Å². The van der Waals surface area contributed by atoms with Crippen LogP contribution in [0.2, 0.25) is 0 Å². The maximum atomic E-state index is 12.0. The molecule has 2 N–H and O–H groups in total. The average Bonchev–Trinajstić information content (AvgIpc) is 3.09. The smallest absolute Gasteiger partial charge is 0.261 e. The zero-order valence-electron chi connectivity index (χ0n) is 13.0. The number of ether oxygens (including phenoxy) is 1. The molecule has 122 valence electrons. The minimum atomic E-state index is -0.118. The SMILES string of the molecule is COCc1cccc(C(=O)NCCCNC(=O)c2cccs2)c1. The van der Waals surface area contributed by atoms with E-state index < -0.39 is 0 Å². The molecule has 1 aromatic heterocycles. The van der Waals surface area contributed by atoms with Crippen LogP contribution in [0.1, 0.15) is 32.0 Å². The highest BCUT2D eigenvalue weighted by molar-refractivity contribution is 7.12. The predicted octanol–water partition coefficient (Wildman–Crippen LogP) is 2.44. The van der Waals surface area contributed by atoms with E-state index in [1.54, 1.807) is 19.2 Å². The van der Waals surface area contributed by atoms with Crippen molar-refractivity contribution in [2.75, 3.05) is 20.2 Å². The molecule has 0 unspecified atom stereocenters. The molecule has 0 aliphatic rings. The summed E-state index contributed by atoms with van der Waals surface area (Å²) in [5.74, 6) is -0.189. The number of amides is 2. The van der Waals surface area contributed by atoms with E-state index in [-0.39, 0.29) is 11.8 Å². The lowest BCUT2D eigenvalue weighted by molar-refractivity contribution is 0.0952. The number of carbonyl (C=O) groups excluding carboxylic acids is 2. The fourth-order valence-corrected chi connectivity index (χ4v) is 2.70. The van der Waals surface area contributed by atoms with Gasteiger partial charge in [0, 0.05) is 25.8 Å². The molecule has 2 amide bonds. The molecule has 0 atom stereocenters. The van der Waals surface area contributed by atoms with Crippen LogP contribution in [0.4, 0.5) is 0 Å². The summed E-state index contributed by atoms with van der Waals surface area (Å²) < 4.78 is 5.06. The Morgan fingerprint density at radius 1 is 1.09 bits per heavy atom. The second-order valence-electron chi connectivity index (χ2n) is 4.98. The van der Waals surface area contributed by atoms with Crippen molar-refractivity contribution in [2.45, 2.75) is 13.0 Å². The summed E-state index contributed by atoms with van der Waals surface area (Å²) in [5.41, 5.74) is 1.57. The summed E-state index contributed by atoms with van der Waals surface area (Å²) in [5, 5.41) is 7.54. The molecule has 0 fully saturated rings. The van der Waals surface area contributed by atoms with Crippen LogP contribution in [0, 0.1) is 0 Å². The van der Waals surface area contributed by atoms with Gasteiger partial charge in [-0.2, -0.15) is 0 Å². The molecule has 23 heavy (non-hydrogen) atoms. The first-order valence-corrected chi connectivity index (χ1v) is 8.26. The van der Waals surface area contributed by atoms with E-state index in [1.807, 2.05) is 29.6 Å². The van der Waals surface area contributed by atoms with Crippen LogP contribution in [0.25, 0.3) is 0 Å². The highest BCUT2D eigenvalue weighted by Crippen LogP contribution is 2.08. The Morgan fingerprint density at radius 2 is 1.87 bits per heavy atom. The van der Waals surface area contributed by atoms with Crippen LogP contribution in [-0.2, 0) is 11.3 Å². The second-order valence-corrected chi connectivity index (χ2v) is 5.92. The highest BCUT2D eigenvalue weighted by Gasteiger charge is 2.07. The number of hydrogen-bond donors (Lipinski definition) is 2. The van der Waals surface area contributed by atoms with Crippen molar-refractivity contribution < 1.29 is 14.3 Å². The lowest BCUT2D eigenvalue weighted by atomic mass is 10.1. The van der Waals surface area contributed by atoms with Crippen molar-refractivity contribution in [1.29, 1.82) is 0 Å². The molecular formula is C17H20N2O3S. The van der Waals surface area contributed by atoms with Gasteiger partial charge in [-0.05, 0) is 35.6 Å². The van der Waals surface area contributed by atoms with E-state index in [4.69, 9.17) is 4.74 Å². The van der Waals surface area contributed by atoms with Crippen LogP contribution >= 0.6 is 11.3 Å². The van der Waals surface area contributed by atoms with Crippen molar-refractivity contribution >= 4 is 23.2 Å². The van der Waals surface area contributed by atoms with Gasteiger partial charge in [0.2, 0.25) is 0 Å². The Hall–Kier alpha value is -2.18. The van der Waals surface area contributed by atoms with E-state index in [0.29, 0.717) is 36.6 Å². The first kappa shape index (κ1) is 17.2. The molecule has 1 heterocycles. The number of carbonyl (C=O) groups is 2. The Bertz CT molecular complexity index is 641. The van der Waals surface area contributed by atoms with Crippen LogP contribution in [0.5, 0.6) is 0 Å². The Morgan fingerprint density at radius 3 is 2.57 bits per heavy atom. The van der Waals surface area contributed by atoms with Gasteiger partial charge in [-0.3, -0.25) is 9.59 Å². The summed E-state index contributed by atoms with van der Waals surface area (Å²) >= 11 is 1.41. The summed E-state index contributed by atoms with van der Waals surface area (Å²) in [6.45, 7) is 1.52. The first-order chi connectivity index (χ1) is 11.2. The average molecular weight is 332 g/mol. The van der Waals surface area contributed by atoms with E-state index >= 15 is 0 Å². The van der Waals surface area contributed by atoms with Crippen molar-refractivity contribution in [3.63, 3.8) is 0 Å². The molecule has 0 saturated heterocycles. The Kier molecular flexibility index (Phi) is 6.77. The molecule has 0 bridgehead atoms. The zero-order valence-corrected chi connectivity index (χ0v) is 13.8. The van der Waals surface area contributed by atoms with Gasteiger partial charge in [-0.15, -0.1) is 11.3 Å². The minimum Gasteiger partial charge on any atom is -0.380 e. The third-order valence-electron chi connectivity index (χ3n) is 3.17. The number of hydrogen-bond acceptors (Lipinski definition) is 4. The largest absolute Gasteiger partial charge is 0.380 e. The van der Waals surface area contributed by atoms with Gasteiger partial charge in [0.25, 0.3) is 11.8 Å². The molecule has 0 aliphatic carbocycles. The number of thiophene rings is 1. The van der Waals surface area contributed by atoms with Gasteiger partial charge in [-0.1, -0.05) is 18.2 Å². The fraction of sp³-hybridized carbons (Fsp3) is 0.294. The van der Waals surface area contributed by atoms with Crippen molar-refractivity contribution in [1.82, 2.24) is 10.6 Å². The van der Waals surface area contributed by atoms with Crippen LogP contribution in [-0.4, -0.2) is 32.0 Å². The molecule has 0 spiro atoms. The molecular weight excluding hydrogens is 312 g/mol. The number of methoxy groups -OCH3 is 1. The molecule has 6 heteroatoms. The van der Waals surface area contributed by atoms with Crippen LogP contribution in [0.3, 0.4) is 0 Å². The summed E-state index contributed by atoms with van der Waals surface area (Å²) in [7, 11) is 1.62. The summed E-state index contributed by atoms with van der Waals surface area (Å²) in [6, 6.07) is 11.0. The van der Waals surface area contributed by atoms with E-state index in [9.17, 15) is 9.59 Å². The van der Waals surface area contributed by atoms with Crippen LogP contribution < -0.4 is 10.6 Å². The maximum absolute atomic E-state index is 12.0. The van der Waals surface area contributed by atoms with Crippen molar-refractivity contribution in [3.05, 3.63) is 57.8 Å². The second kappa shape index (κ2) is 9.07. The Balaban J connectivity index is 1.68. The molecule has 0 radical (unpaired) electrons. The number of nitrogens with one attached hydrogen (secondary N) is 2. The molecule has 5 nitrogen and oxygen atoms in total. The van der Waals surface area contributed by atoms with Gasteiger partial charge < -0.3 is 15.4 Å². The van der Waals surface area contributed by atoms with Crippen LogP contribution in [0.15, 0.2) is 41.8 Å². The third kappa shape index (κ3) is 5.50. The quantitative estimate of drug-likeness (QED) is 0.730. The number of rotatable bonds is 8. The Labute approximate surface area is 139 Å². The normalized spacial score (nSPS) is 10.3. The standard InChI is InChI=1S/C17H20N2O3S/c1-22-12-13-5-2-6-14(11-13)16(20)18-8-4-9-19-17(21)15-7-3-10-23-15/h2-3,5-7,10-11H,4,8-9,12H2,1H3,(H,18,20)(H,19,21). The number of benzene rings is 1. The topological polar surface area (TPSA) is 67.4 Å². The van der Waals surface area contributed by atoms with Gasteiger partial charge >= 0.3 is 0 Å². The summed E-state index contributed by atoms with van der Waals surface area (Å²) in [4.78, 5) is 24.5. The minimum absolute atomic E-state index is 0.0707. The lowest BCUT2D eigenvalue weighted by Gasteiger charge is -2.07. The zero-order chi connectivity index (χ0) is 16.5. The molecule has 0 saturated carbocycles. The highest BCUT2D eigenvalue weighted by atomic mass is 32.1. The van der Waals surface area contributed by atoms with Gasteiger partial charge in [0.1, 0.15) is 0 Å². The molecule has 0 aliphatic heterocycles. The van der Waals surface area contributed by atoms with E-state index in [1.165, 1.54) is 11.3 Å². The van der Waals surface area contributed by atoms with Crippen molar-refractivity contribution in [2.24, 2.45) is 0 Å². The van der Waals surface area contributed by atoms with Crippen molar-refractivity contribution in [3.8, 4) is 0 Å². The fourth-order valence-electron chi connectivity index (χ4n) is 2.06. The maximum Gasteiger partial charge on any atom is 0.261 e. The molecule has 1 aromatic carbocycles. The van der Waals surface area contributed by atoms with E-state index in [2.05, 4.69) is 10.6 Å². The predicted molar refractivity (Wildman–Crippen MR) is 90.8 cm³/mol.